The fourth-order valence-electron chi connectivity index (χ4n) is 3.18. The van der Waals surface area contributed by atoms with Crippen LogP contribution in [0, 0.1) is 0 Å². The highest BCUT2D eigenvalue weighted by Gasteiger charge is 2.24. The van der Waals surface area contributed by atoms with Crippen LogP contribution in [0.3, 0.4) is 0 Å². The van der Waals surface area contributed by atoms with Crippen molar-refractivity contribution in [1.82, 2.24) is 19.6 Å². The molecule has 0 unspecified atom stereocenters. The Morgan fingerprint density at radius 2 is 2.24 bits per heavy atom. The van der Waals surface area contributed by atoms with Crippen molar-refractivity contribution in [2.24, 2.45) is 11.5 Å². The van der Waals surface area contributed by atoms with Crippen molar-refractivity contribution in [3.8, 4) is 10.7 Å². The molecule has 10 heteroatoms. The third-order valence-corrected chi connectivity index (χ3v) is 5.20. The lowest BCUT2D eigenvalue weighted by Crippen LogP contribution is -2.42. The Morgan fingerprint density at radius 1 is 1.40 bits per heavy atom. The predicted octanol–water partition coefficient (Wildman–Crippen LogP) is 0.461. The fourth-order valence-corrected chi connectivity index (χ4v) is 3.98. The van der Waals surface area contributed by atoms with Gasteiger partial charge in [0.05, 0.1) is 5.69 Å². The minimum atomic E-state index is -0.556. The maximum atomic E-state index is 11.3. The molecule has 4 heterocycles. The largest absolute Gasteiger partial charge is 0.382 e. The third-order valence-electron chi connectivity index (χ3n) is 4.34. The van der Waals surface area contributed by atoms with E-state index >= 15 is 0 Å². The van der Waals surface area contributed by atoms with Crippen LogP contribution in [-0.2, 0) is 0 Å². The lowest BCUT2D eigenvalue weighted by atomic mass is 10.1. The van der Waals surface area contributed by atoms with Gasteiger partial charge < -0.3 is 22.1 Å². The Kier molecular flexibility index (Phi) is 3.77. The standard InChI is InChI=1S/C15H18N8OS/c16-8-2-1-3-22(5-8)10-4-11(15-21-9(6-25-15)14(18)24)23-12(10)13(17)19-7-20-23/h4,6-8H,1-3,5,16H2,(H2,18,24)(H2,17,19,20)/t8-/m1/s1. The number of fused-ring (bicyclic) bond motifs is 1. The highest BCUT2D eigenvalue weighted by atomic mass is 32.1. The number of nitrogens with zero attached hydrogens (tertiary/aromatic N) is 5. The molecule has 1 aliphatic rings. The second-order valence-corrected chi connectivity index (χ2v) is 6.93. The number of hydrogen-bond acceptors (Lipinski definition) is 8. The molecule has 4 rings (SSSR count). The number of piperidine rings is 1. The summed E-state index contributed by atoms with van der Waals surface area (Å²) in [6.45, 7) is 1.64. The summed E-state index contributed by atoms with van der Waals surface area (Å²) in [6.07, 6.45) is 3.43. The summed E-state index contributed by atoms with van der Waals surface area (Å²) in [6, 6.07) is 2.10. The summed E-state index contributed by atoms with van der Waals surface area (Å²) in [4.78, 5) is 22.0. The van der Waals surface area contributed by atoms with Gasteiger partial charge in [-0.25, -0.2) is 14.5 Å². The van der Waals surface area contributed by atoms with E-state index in [9.17, 15) is 4.79 Å². The van der Waals surface area contributed by atoms with Crippen LogP contribution >= 0.6 is 11.3 Å². The topological polar surface area (TPSA) is 141 Å². The highest BCUT2D eigenvalue weighted by Crippen LogP contribution is 2.35. The molecule has 0 bridgehead atoms. The lowest BCUT2D eigenvalue weighted by Gasteiger charge is -2.32. The molecule has 0 aliphatic carbocycles. The van der Waals surface area contributed by atoms with Crippen LogP contribution in [0.25, 0.3) is 16.2 Å². The molecule has 0 aromatic carbocycles. The summed E-state index contributed by atoms with van der Waals surface area (Å²) in [7, 11) is 0. The van der Waals surface area contributed by atoms with E-state index in [2.05, 4.69) is 20.0 Å². The number of nitrogen functional groups attached to an aromatic ring is 1. The number of nitrogens with two attached hydrogens (primary N) is 3. The van der Waals surface area contributed by atoms with Crippen molar-refractivity contribution >= 4 is 34.3 Å². The van der Waals surface area contributed by atoms with E-state index in [1.165, 1.54) is 17.7 Å². The number of hydrogen-bond donors (Lipinski definition) is 3. The quantitative estimate of drug-likeness (QED) is 0.617. The molecular weight excluding hydrogens is 340 g/mol. The van der Waals surface area contributed by atoms with Crippen molar-refractivity contribution in [1.29, 1.82) is 0 Å². The van der Waals surface area contributed by atoms with Crippen molar-refractivity contribution in [3.63, 3.8) is 0 Å². The molecule has 1 aliphatic heterocycles. The number of aromatic nitrogens is 4. The van der Waals surface area contributed by atoms with Crippen LogP contribution in [0.15, 0.2) is 17.8 Å². The second-order valence-electron chi connectivity index (χ2n) is 6.07. The zero-order chi connectivity index (χ0) is 17.6. The zero-order valence-corrected chi connectivity index (χ0v) is 14.2. The molecule has 0 saturated carbocycles. The van der Waals surface area contributed by atoms with Crippen molar-refractivity contribution in [2.45, 2.75) is 18.9 Å². The number of thiazole rings is 1. The molecule has 1 fully saturated rings. The molecule has 1 saturated heterocycles. The number of carbonyl (C=O) groups excluding carboxylic acids is 1. The minimum absolute atomic E-state index is 0.124. The van der Waals surface area contributed by atoms with Crippen molar-refractivity contribution in [2.75, 3.05) is 23.7 Å². The molecule has 130 valence electrons. The number of rotatable bonds is 3. The number of anilines is 2. The van der Waals surface area contributed by atoms with Crippen LogP contribution in [0.2, 0.25) is 0 Å². The molecule has 6 N–H and O–H groups in total. The molecule has 1 amide bonds. The van der Waals surface area contributed by atoms with Crippen LogP contribution in [0.1, 0.15) is 23.3 Å². The van der Waals surface area contributed by atoms with E-state index in [-0.39, 0.29) is 11.7 Å². The summed E-state index contributed by atoms with van der Waals surface area (Å²) < 4.78 is 1.71. The first-order valence-corrected chi connectivity index (χ1v) is 8.81. The van der Waals surface area contributed by atoms with Crippen LogP contribution in [0.4, 0.5) is 11.5 Å². The van der Waals surface area contributed by atoms with E-state index < -0.39 is 5.91 Å². The normalized spacial score (nSPS) is 18.0. The first-order valence-electron chi connectivity index (χ1n) is 7.93. The summed E-state index contributed by atoms with van der Waals surface area (Å²) in [5.41, 5.74) is 20.2. The van der Waals surface area contributed by atoms with Gasteiger partial charge in [-0.2, -0.15) is 5.10 Å². The Balaban J connectivity index is 1.87. The molecule has 3 aromatic heterocycles. The minimum Gasteiger partial charge on any atom is -0.382 e. The van der Waals surface area contributed by atoms with Crippen molar-refractivity contribution in [3.05, 3.63) is 23.5 Å². The van der Waals surface area contributed by atoms with Gasteiger partial charge in [-0.15, -0.1) is 11.3 Å². The van der Waals surface area contributed by atoms with Gasteiger partial charge in [-0.3, -0.25) is 4.79 Å². The van der Waals surface area contributed by atoms with E-state index in [1.54, 1.807) is 9.90 Å². The van der Waals surface area contributed by atoms with E-state index in [1.807, 2.05) is 6.07 Å². The van der Waals surface area contributed by atoms with E-state index in [0.717, 1.165) is 42.8 Å². The average Bonchev–Trinajstić information content (AvgIpc) is 3.20. The number of amides is 1. The van der Waals surface area contributed by atoms with Gasteiger partial charge >= 0.3 is 0 Å². The maximum Gasteiger partial charge on any atom is 0.268 e. The first kappa shape index (κ1) is 15.8. The first-order chi connectivity index (χ1) is 12.0. The third kappa shape index (κ3) is 2.68. The highest BCUT2D eigenvalue weighted by molar-refractivity contribution is 7.13. The number of primary amides is 1. The van der Waals surface area contributed by atoms with E-state index in [0.29, 0.717) is 10.8 Å². The summed E-state index contributed by atoms with van der Waals surface area (Å²) in [5, 5.41) is 6.61. The van der Waals surface area contributed by atoms with Gasteiger partial charge in [0.2, 0.25) is 0 Å². The molecule has 3 aromatic rings. The summed E-state index contributed by atoms with van der Waals surface area (Å²) >= 11 is 1.33. The Morgan fingerprint density at radius 3 is 2.96 bits per heavy atom. The predicted molar refractivity (Wildman–Crippen MR) is 96.4 cm³/mol. The van der Waals surface area contributed by atoms with Gasteiger partial charge in [-0.1, -0.05) is 0 Å². The molecule has 1 atom stereocenters. The lowest BCUT2D eigenvalue weighted by molar-refractivity contribution is 0.0996. The van der Waals surface area contributed by atoms with E-state index in [4.69, 9.17) is 17.2 Å². The number of carbonyl (C=O) groups is 1. The summed E-state index contributed by atoms with van der Waals surface area (Å²) in [5.74, 6) is -0.165. The Hall–Kier alpha value is -2.72. The Bertz CT molecular complexity index is 948. The SMILES string of the molecule is NC(=O)c1csc(-c2cc(N3CCC[C@@H](N)C3)c3c(N)ncnn23)n1. The Labute approximate surface area is 147 Å². The zero-order valence-electron chi connectivity index (χ0n) is 13.4. The van der Waals surface area contributed by atoms with Gasteiger partial charge in [0.1, 0.15) is 28.2 Å². The maximum absolute atomic E-state index is 11.3. The average molecular weight is 358 g/mol. The van der Waals surface area contributed by atoms with Crippen LogP contribution in [-0.4, -0.2) is 44.6 Å². The van der Waals surface area contributed by atoms with Crippen LogP contribution in [0.5, 0.6) is 0 Å². The molecule has 0 spiro atoms. The molecule has 25 heavy (non-hydrogen) atoms. The smallest absolute Gasteiger partial charge is 0.268 e. The van der Waals surface area contributed by atoms with Gasteiger partial charge in [-0.05, 0) is 18.9 Å². The van der Waals surface area contributed by atoms with Gasteiger partial charge in [0, 0.05) is 24.5 Å². The molecular formula is C15H18N8OS. The van der Waals surface area contributed by atoms with Crippen molar-refractivity contribution < 1.29 is 4.79 Å². The second kappa shape index (κ2) is 5.97. The van der Waals surface area contributed by atoms with Gasteiger partial charge in [0.25, 0.3) is 5.91 Å². The van der Waals surface area contributed by atoms with Gasteiger partial charge in [0.15, 0.2) is 5.82 Å². The van der Waals surface area contributed by atoms with Crippen LogP contribution < -0.4 is 22.1 Å². The monoisotopic (exact) mass is 358 g/mol. The molecule has 9 nitrogen and oxygen atoms in total. The fraction of sp³-hybridized carbons (Fsp3) is 0.333. The molecule has 0 radical (unpaired) electrons.